The molecule has 1 aromatic heterocycles. The van der Waals surface area contributed by atoms with Gasteiger partial charge in [0.15, 0.2) is 0 Å². The minimum atomic E-state index is -4.69. The molecule has 3 aromatic rings. The van der Waals surface area contributed by atoms with Crippen LogP contribution in [0.15, 0.2) is 47.0 Å². The molecule has 3 rings (SSSR count). The summed E-state index contributed by atoms with van der Waals surface area (Å²) < 4.78 is 44.4. The maximum Gasteiger partial charge on any atom is 0.419 e. The van der Waals surface area contributed by atoms with Crippen molar-refractivity contribution in [1.82, 2.24) is 10.1 Å². The third kappa shape index (κ3) is 4.50. The van der Waals surface area contributed by atoms with Crippen LogP contribution in [0, 0.1) is 12.8 Å². The maximum absolute atomic E-state index is 13.1. The van der Waals surface area contributed by atoms with Crippen LogP contribution >= 0.6 is 0 Å². The average Bonchev–Trinajstić information content (AvgIpc) is 3.16. The number of rotatable bonds is 5. The molecule has 4 nitrogen and oxygen atoms in total. The molecule has 1 atom stereocenters. The van der Waals surface area contributed by atoms with E-state index in [1.165, 1.54) is 6.07 Å². The predicted octanol–water partition coefficient (Wildman–Crippen LogP) is 6.50. The summed E-state index contributed by atoms with van der Waals surface area (Å²) in [6, 6.07) is 8.75. The highest BCUT2D eigenvalue weighted by atomic mass is 19.4. The zero-order valence-electron chi connectivity index (χ0n) is 16.3. The largest absolute Gasteiger partial charge is 0.507 e. The molecule has 0 bridgehead atoms. The number of phenolic OH excluding ortho intramolecular Hbond substituents is 1. The van der Waals surface area contributed by atoms with Gasteiger partial charge in [0.05, 0.1) is 5.56 Å². The van der Waals surface area contributed by atoms with Crippen molar-refractivity contribution in [1.29, 1.82) is 0 Å². The molecule has 152 valence electrons. The Morgan fingerprint density at radius 1 is 1.21 bits per heavy atom. The van der Waals surface area contributed by atoms with Crippen LogP contribution in [0.4, 0.5) is 13.2 Å². The minimum Gasteiger partial charge on any atom is -0.507 e. The number of hydrogen-bond acceptors (Lipinski definition) is 4. The fraction of sp³-hybridized carbons (Fsp3) is 0.273. The van der Waals surface area contributed by atoms with E-state index in [0.717, 1.165) is 35.2 Å². The van der Waals surface area contributed by atoms with E-state index >= 15 is 0 Å². The second kappa shape index (κ2) is 8.11. The van der Waals surface area contributed by atoms with Crippen molar-refractivity contribution in [3.8, 4) is 28.6 Å². The third-order valence-electron chi connectivity index (χ3n) is 4.78. The summed E-state index contributed by atoms with van der Waals surface area (Å²) >= 11 is 0. The van der Waals surface area contributed by atoms with Gasteiger partial charge < -0.3 is 9.63 Å². The van der Waals surface area contributed by atoms with Crippen LogP contribution in [0.5, 0.6) is 5.75 Å². The van der Waals surface area contributed by atoms with E-state index in [1.807, 2.05) is 31.2 Å². The lowest BCUT2D eigenvalue weighted by molar-refractivity contribution is -0.138. The highest BCUT2D eigenvalue weighted by Gasteiger charge is 2.34. The van der Waals surface area contributed by atoms with Crippen molar-refractivity contribution in [2.75, 3.05) is 0 Å². The molecule has 0 radical (unpaired) electrons. The van der Waals surface area contributed by atoms with Crippen LogP contribution in [0.1, 0.15) is 37.0 Å². The van der Waals surface area contributed by atoms with Crippen molar-refractivity contribution in [2.45, 2.75) is 33.4 Å². The number of halogens is 3. The first-order chi connectivity index (χ1) is 13.7. The molecule has 1 unspecified atom stereocenters. The molecule has 0 saturated heterocycles. The van der Waals surface area contributed by atoms with E-state index in [-0.39, 0.29) is 17.3 Å². The third-order valence-corrected chi connectivity index (χ3v) is 4.78. The van der Waals surface area contributed by atoms with Crippen molar-refractivity contribution >= 4 is 6.08 Å². The molecular weight excluding hydrogens is 381 g/mol. The Hall–Kier alpha value is -3.09. The fourth-order valence-corrected chi connectivity index (χ4v) is 2.84. The Morgan fingerprint density at radius 2 is 1.97 bits per heavy atom. The van der Waals surface area contributed by atoms with Gasteiger partial charge in [-0.15, -0.1) is 0 Å². The fourth-order valence-electron chi connectivity index (χ4n) is 2.84. The molecule has 2 aromatic carbocycles. The van der Waals surface area contributed by atoms with E-state index in [1.54, 1.807) is 0 Å². The van der Waals surface area contributed by atoms with Crippen LogP contribution in [-0.4, -0.2) is 15.2 Å². The first-order valence-electron chi connectivity index (χ1n) is 9.23. The number of phenols is 1. The number of aryl methyl sites for hydroxylation is 1. The summed E-state index contributed by atoms with van der Waals surface area (Å²) in [6.45, 7) is 6.19. The van der Waals surface area contributed by atoms with Crippen LogP contribution < -0.4 is 0 Å². The summed E-state index contributed by atoms with van der Waals surface area (Å²) in [4.78, 5) is 4.29. The van der Waals surface area contributed by atoms with E-state index in [4.69, 9.17) is 4.52 Å². The minimum absolute atomic E-state index is 0.0520. The lowest BCUT2D eigenvalue weighted by Crippen LogP contribution is -2.05. The van der Waals surface area contributed by atoms with E-state index in [2.05, 4.69) is 30.1 Å². The number of aromatic hydroxyl groups is 1. The highest BCUT2D eigenvalue weighted by Crippen LogP contribution is 2.38. The van der Waals surface area contributed by atoms with Crippen LogP contribution in [0.2, 0.25) is 0 Å². The maximum atomic E-state index is 13.1. The molecule has 0 spiro atoms. The highest BCUT2D eigenvalue weighted by molar-refractivity contribution is 5.74. The van der Waals surface area contributed by atoms with Crippen LogP contribution in [0.3, 0.4) is 0 Å². The molecule has 0 aliphatic heterocycles. The van der Waals surface area contributed by atoms with E-state index in [0.29, 0.717) is 5.92 Å². The van der Waals surface area contributed by atoms with Crippen LogP contribution in [0.25, 0.3) is 28.9 Å². The second-order valence-electron chi connectivity index (χ2n) is 6.93. The Bertz CT molecular complexity index is 1040. The molecule has 0 aliphatic carbocycles. The average molecular weight is 402 g/mol. The smallest absolute Gasteiger partial charge is 0.419 e. The Kier molecular flexibility index (Phi) is 5.77. The Balaban J connectivity index is 2.02. The number of aromatic nitrogens is 2. The monoisotopic (exact) mass is 402 g/mol. The number of benzene rings is 2. The SMILES string of the molecule is CCC(C)/C=C\c1c(C)cccc1-c1noc(-c2ccc(O)c(C(F)(F)F)c2)n1. The number of allylic oxidation sites excluding steroid dienone is 1. The lowest BCUT2D eigenvalue weighted by Gasteiger charge is -2.09. The molecule has 29 heavy (non-hydrogen) atoms. The van der Waals surface area contributed by atoms with Gasteiger partial charge in [-0.05, 0) is 42.2 Å². The summed E-state index contributed by atoms with van der Waals surface area (Å²) in [5.41, 5.74) is 1.62. The second-order valence-corrected chi connectivity index (χ2v) is 6.93. The van der Waals surface area contributed by atoms with Crippen molar-refractivity contribution in [3.63, 3.8) is 0 Å². The van der Waals surface area contributed by atoms with Crippen molar-refractivity contribution in [3.05, 3.63) is 59.2 Å². The zero-order chi connectivity index (χ0) is 21.2. The van der Waals surface area contributed by atoms with E-state index in [9.17, 15) is 18.3 Å². The molecule has 0 aliphatic rings. The first-order valence-corrected chi connectivity index (χ1v) is 9.23. The zero-order valence-corrected chi connectivity index (χ0v) is 16.3. The molecule has 0 saturated carbocycles. The van der Waals surface area contributed by atoms with Crippen molar-refractivity contribution < 1.29 is 22.8 Å². The van der Waals surface area contributed by atoms with Crippen molar-refractivity contribution in [2.24, 2.45) is 5.92 Å². The van der Waals surface area contributed by atoms with E-state index < -0.39 is 17.5 Å². The van der Waals surface area contributed by atoms with Gasteiger partial charge in [0.1, 0.15) is 5.75 Å². The molecule has 7 heteroatoms. The quantitative estimate of drug-likeness (QED) is 0.529. The number of hydrogen-bond donors (Lipinski definition) is 1. The van der Waals surface area contributed by atoms with Gasteiger partial charge in [0.25, 0.3) is 5.89 Å². The van der Waals surface area contributed by atoms with Gasteiger partial charge in [-0.3, -0.25) is 0 Å². The summed E-state index contributed by atoms with van der Waals surface area (Å²) in [5.74, 6) is -0.212. The number of nitrogens with zero attached hydrogens (tertiary/aromatic N) is 2. The first kappa shape index (κ1) is 20.6. The van der Waals surface area contributed by atoms with Gasteiger partial charge >= 0.3 is 6.18 Å². The summed E-state index contributed by atoms with van der Waals surface area (Å²) in [7, 11) is 0. The Labute approximate surface area is 166 Å². The Morgan fingerprint density at radius 3 is 2.66 bits per heavy atom. The normalized spacial score (nSPS) is 13.2. The van der Waals surface area contributed by atoms with Gasteiger partial charge in [-0.2, -0.15) is 18.2 Å². The molecule has 0 amide bonds. The molecule has 1 N–H and O–H groups in total. The molecule has 1 heterocycles. The van der Waals surface area contributed by atoms with Gasteiger partial charge in [-0.25, -0.2) is 0 Å². The summed E-state index contributed by atoms with van der Waals surface area (Å²) in [6.07, 6.45) is 0.430. The lowest BCUT2D eigenvalue weighted by atomic mass is 9.99. The standard InChI is InChI=1S/C22H21F3N2O2/c1-4-13(2)8-10-16-14(3)6-5-7-17(16)20-26-21(29-27-20)15-9-11-19(28)18(12-15)22(23,24)25/h5-13,28H,4H2,1-3H3/b10-8-. The summed E-state index contributed by atoms with van der Waals surface area (Å²) in [5, 5.41) is 13.5. The van der Waals surface area contributed by atoms with Crippen LogP contribution in [-0.2, 0) is 6.18 Å². The van der Waals surface area contributed by atoms with Gasteiger partial charge in [0.2, 0.25) is 5.82 Å². The van der Waals surface area contributed by atoms with Gasteiger partial charge in [-0.1, -0.05) is 55.8 Å². The topological polar surface area (TPSA) is 59.2 Å². The predicted molar refractivity (Wildman–Crippen MR) is 105 cm³/mol. The van der Waals surface area contributed by atoms with Gasteiger partial charge in [0, 0.05) is 11.1 Å². The molecular formula is C22H21F3N2O2. The number of alkyl halides is 3. The molecule has 0 fully saturated rings.